The molecule has 0 fully saturated rings. The van der Waals surface area contributed by atoms with E-state index in [1.807, 2.05) is 6.07 Å². The van der Waals surface area contributed by atoms with E-state index in [-0.39, 0.29) is 16.2 Å². The van der Waals surface area contributed by atoms with Crippen LogP contribution >= 0.6 is 11.6 Å². The molecule has 170 valence electrons. The average Bonchev–Trinajstić information content (AvgIpc) is 2.85. The van der Waals surface area contributed by atoms with Crippen LogP contribution in [0.25, 0.3) is 0 Å². The van der Waals surface area contributed by atoms with Crippen molar-refractivity contribution < 1.29 is 18.0 Å². The van der Waals surface area contributed by atoms with Gasteiger partial charge in [-0.1, -0.05) is 60.1 Å². The van der Waals surface area contributed by atoms with Gasteiger partial charge in [0.15, 0.2) is 5.78 Å². The normalized spacial score (nSPS) is 11.0. The van der Waals surface area contributed by atoms with E-state index in [0.717, 1.165) is 0 Å². The summed E-state index contributed by atoms with van der Waals surface area (Å²) < 4.78 is 27.5. The van der Waals surface area contributed by atoms with Gasteiger partial charge in [0, 0.05) is 27.5 Å². The summed E-state index contributed by atoms with van der Waals surface area (Å²) in [5, 5.41) is 3.19. The van der Waals surface area contributed by atoms with Crippen molar-refractivity contribution in [3.05, 3.63) is 125 Å². The molecule has 0 aliphatic carbocycles. The second-order valence-corrected chi connectivity index (χ2v) is 9.45. The maximum atomic E-state index is 12.9. The topological polar surface area (TPSA) is 92.3 Å². The van der Waals surface area contributed by atoms with Crippen molar-refractivity contribution in [2.75, 3.05) is 10.0 Å². The van der Waals surface area contributed by atoms with E-state index in [0.29, 0.717) is 27.5 Å². The van der Waals surface area contributed by atoms with Crippen LogP contribution in [0.15, 0.2) is 108 Å². The van der Waals surface area contributed by atoms with Gasteiger partial charge in [0.25, 0.3) is 15.9 Å². The first-order valence-electron chi connectivity index (χ1n) is 10.2. The van der Waals surface area contributed by atoms with Crippen molar-refractivity contribution >= 4 is 44.7 Å². The smallest absolute Gasteiger partial charge is 0.261 e. The molecule has 0 bridgehead atoms. The zero-order valence-electron chi connectivity index (χ0n) is 17.7. The zero-order valence-corrected chi connectivity index (χ0v) is 19.3. The number of hydrogen-bond acceptors (Lipinski definition) is 4. The third kappa shape index (κ3) is 5.33. The van der Waals surface area contributed by atoms with Gasteiger partial charge < -0.3 is 5.32 Å². The monoisotopic (exact) mass is 490 g/mol. The number of ketones is 1. The van der Waals surface area contributed by atoms with E-state index in [1.54, 1.807) is 60.7 Å². The van der Waals surface area contributed by atoms with Crippen LogP contribution in [-0.2, 0) is 10.0 Å². The summed E-state index contributed by atoms with van der Waals surface area (Å²) >= 11 is 5.81. The Labute approximate surface area is 202 Å². The number of rotatable bonds is 7. The van der Waals surface area contributed by atoms with Gasteiger partial charge in [-0.15, -0.1) is 0 Å². The summed E-state index contributed by atoms with van der Waals surface area (Å²) in [4.78, 5) is 25.9. The summed E-state index contributed by atoms with van der Waals surface area (Å²) in [6.07, 6.45) is 0. The molecule has 0 aliphatic heterocycles. The van der Waals surface area contributed by atoms with E-state index in [4.69, 9.17) is 11.6 Å². The lowest BCUT2D eigenvalue weighted by molar-refractivity contribution is 0.0996. The van der Waals surface area contributed by atoms with Gasteiger partial charge in [-0.3, -0.25) is 14.3 Å². The fraction of sp³-hybridized carbons (Fsp3) is 0. The molecule has 0 atom stereocenters. The molecule has 0 aliphatic rings. The Hall–Kier alpha value is -3.94. The molecule has 4 aromatic rings. The molecule has 6 nitrogen and oxygen atoms in total. The van der Waals surface area contributed by atoms with Gasteiger partial charge in [0.2, 0.25) is 0 Å². The first kappa shape index (κ1) is 23.2. The summed E-state index contributed by atoms with van der Waals surface area (Å²) in [5.41, 5.74) is 1.79. The summed E-state index contributed by atoms with van der Waals surface area (Å²) in [5.74, 6) is -0.701. The van der Waals surface area contributed by atoms with Crippen LogP contribution in [-0.4, -0.2) is 20.1 Å². The molecule has 0 unspecified atom stereocenters. The van der Waals surface area contributed by atoms with Crippen molar-refractivity contribution in [3.8, 4) is 0 Å². The molecule has 0 spiro atoms. The van der Waals surface area contributed by atoms with Crippen molar-refractivity contribution in [2.24, 2.45) is 0 Å². The van der Waals surface area contributed by atoms with Gasteiger partial charge in [0.05, 0.1) is 10.5 Å². The maximum absolute atomic E-state index is 12.9. The third-order valence-corrected chi connectivity index (χ3v) is 6.62. The molecule has 34 heavy (non-hydrogen) atoms. The molecule has 0 heterocycles. The molecule has 4 rings (SSSR count). The van der Waals surface area contributed by atoms with Gasteiger partial charge >= 0.3 is 0 Å². The maximum Gasteiger partial charge on any atom is 0.261 e. The predicted octanol–water partition coefficient (Wildman–Crippen LogP) is 5.62. The van der Waals surface area contributed by atoms with Crippen LogP contribution in [0.5, 0.6) is 0 Å². The first-order valence-corrected chi connectivity index (χ1v) is 12.1. The van der Waals surface area contributed by atoms with Crippen molar-refractivity contribution in [1.82, 2.24) is 0 Å². The van der Waals surface area contributed by atoms with Gasteiger partial charge in [-0.25, -0.2) is 8.42 Å². The van der Waals surface area contributed by atoms with E-state index in [2.05, 4.69) is 10.0 Å². The molecule has 8 heteroatoms. The van der Waals surface area contributed by atoms with Gasteiger partial charge in [0.1, 0.15) is 0 Å². The number of nitrogens with one attached hydrogen (secondary N) is 2. The lowest BCUT2D eigenvalue weighted by Gasteiger charge is -2.11. The lowest BCUT2D eigenvalue weighted by Crippen LogP contribution is -2.17. The highest BCUT2D eigenvalue weighted by Gasteiger charge is 2.18. The van der Waals surface area contributed by atoms with Gasteiger partial charge in [-0.2, -0.15) is 0 Å². The molecule has 4 aromatic carbocycles. The van der Waals surface area contributed by atoms with E-state index in [1.165, 1.54) is 36.4 Å². The first-order chi connectivity index (χ1) is 16.3. The van der Waals surface area contributed by atoms with Crippen molar-refractivity contribution in [1.29, 1.82) is 0 Å². The molecule has 0 saturated heterocycles. The second-order valence-electron chi connectivity index (χ2n) is 7.33. The Morgan fingerprint density at radius 2 is 1.21 bits per heavy atom. The number of halogens is 1. The number of carbonyl (C=O) groups is 2. The quantitative estimate of drug-likeness (QED) is 0.329. The van der Waals surface area contributed by atoms with Crippen LogP contribution in [0.2, 0.25) is 5.02 Å². The molecular weight excluding hydrogens is 472 g/mol. The Kier molecular flexibility index (Phi) is 6.77. The number of sulfonamides is 1. The van der Waals surface area contributed by atoms with E-state index >= 15 is 0 Å². The molecule has 1 amide bonds. The minimum Gasteiger partial charge on any atom is -0.322 e. The largest absolute Gasteiger partial charge is 0.322 e. The highest BCUT2D eigenvalue weighted by atomic mass is 35.5. The Morgan fingerprint density at radius 1 is 0.647 bits per heavy atom. The van der Waals surface area contributed by atoms with E-state index < -0.39 is 15.9 Å². The Morgan fingerprint density at radius 3 is 1.85 bits per heavy atom. The summed E-state index contributed by atoms with van der Waals surface area (Å²) in [6, 6.07) is 27.3. The molecular formula is C26H19ClN2O4S. The summed E-state index contributed by atoms with van der Waals surface area (Å²) in [6.45, 7) is 0. The molecule has 0 aromatic heterocycles. The average molecular weight is 491 g/mol. The van der Waals surface area contributed by atoms with Crippen molar-refractivity contribution in [3.63, 3.8) is 0 Å². The zero-order chi connectivity index (χ0) is 24.1. The standard InChI is InChI=1S/C26H19ClN2O4S/c27-19-10-16-22(17-11-19)34(32,33)29-21-14-12-20(13-15-21)28-26(31)24-9-5-4-8-23(24)25(30)18-6-2-1-3-7-18/h1-17,29H,(H,28,31). The third-order valence-electron chi connectivity index (χ3n) is 4.97. The fourth-order valence-corrected chi connectivity index (χ4v) is 4.46. The number of anilines is 2. The van der Waals surface area contributed by atoms with Crippen LogP contribution in [0.4, 0.5) is 11.4 Å². The molecule has 0 radical (unpaired) electrons. The van der Waals surface area contributed by atoms with E-state index in [9.17, 15) is 18.0 Å². The highest BCUT2D eigenvalue weighted by Crippen LogP contribution is 2.21. The molecule has 2 N–H and O–H groups in total. The fourth-order valence-electron chi connectivity index (χ4n) is 3.27. The lowest BCUT2D eigenvalue weighted by atomic mass is 9.98. The van der Waals surface area contributed by atoms with Crippen molar-refractivity contribution in [2.45, 2.75) is 4.90 Å². The van der Waals surface area contributed by atoms with Crippen LogP contribution < -0.4 is 10.0 Å². The van der Waals surface area contributed by atoms with Crippen LogP contribution in [0.1, 0.15) is 26.3 Å². The number of hydrogen-bond donors (Lipinski definition) is 2. The summed E-state index contributed by atoms with van der Waals surface area (Å²) in [7, 11) is -3.78. The minimum atomic E-state index is -3.78. The second kappa shape index (κ2) is 9.91. The van der Waals surface area contributed by atoms with Crippen LogP contribution in [0.3, 0.4) is 0 Å². The number of carbonyl (C=O) groups excluding carboxylic acids is 2. The SMILES string of the molecule is O=C(Nc1ccc(NS(=O)(=O)c2ccc(Cl)cc2)cc1)c1ccccc1C(=O)c1ccccc1. The predicted molar refractivity (Wildman–Crippen MR) is 133 cm³/mol. The van der Waals surface area contributed by atoms with Crippen LogP contribution in [0, 0.1) is 0 Å². The number of amides is 1. The number of benzene rings is 4. The Balaban J connectivity index is 1.49. The molecule has 0 saturated carbocycles. The highest BCUT2D eigenvalue weighted by molar-refractivity contribution is 7.92. The van der Waals surface area contributed by atoms with Gasteiger partial charge in [-0.05, 0) is 54.6 Å². The minimum absolute atomic E-state index is 0.0777. The Bertz CT molecular complexity index is 1440.